The Bertz CT molecular complexity index is 415. The molecule has 1 rings (SSSR count). The van der Waals surface area contributed by atoms with Gasteiger partial charge in [0.1, 0.15) is 11.9 Å². The molecule has 5 nitrogen and oxygen atoms in total. The molecule has 0 aliphatic carbocycles. The first kappa shape index (κ1) is 13.8. The molecule has 0 bridgehead atoms. The first-order chi connectivity index (χ1) is 7.97. The molecular formula is C10H11ClFNO4. The zero-order valence-corrected chi connectivity index (χ0v) is 9.47. The summed E-state index contributed by atoms with van der Waals surface area (Å²) < 4.78 is 12.9. The number of rotatable bonds is 5. The molecule has 2 unspecified atom stereocenters. The van der Waals surface area contributed by atoms with E-state index >= 15 is 0 Å². The summed E-state index contributed by atoms with van der Waals surface area (Å²) in [6.07, 6.45) is -2.61. The van der Waals surface area contributed by atoms with Gasteiger partial charge in [0.15, 0.2) is 0 Å². The molecule has 17 heavy (non-hydrogen) atoms. The van der Waals surface area contributed by atoms with Crippen LogP contribution < -0.4 is 0 Å². The molecule has 0 amide bonds. The maximum absolute atomic E-state index is 12.9. The Kier molecular flexibility index (Phi) is 4.80. The van der Waals surface area contributed by atoms with Gasteiger partial charge in [-0.2, -0.15) is 0 Å². The second-order valence-electron chi connectivity index (χ2n) is 3.45. The predicted octanol–water partition coefficient (Wildman–Crippen LogP) is 1.76. The van der Waals surface area contributed by atoms with Crippen LogP contribution in [0.2, 0.25) is 0 Å². The quantitative estimate of drug-likeness (QED) is 0.482. The van der Waals surface area contributed by atoms with E-state index in [0.29, 0.717) is 6.07 Å². The minimum atomic E-state index is -1.46. The fraction of sp³-hybridized carbons (Fsp3) is 0.400. The lowest BCUT2D eigenvalue weighted by Gasteiger charge is -2.16. The van der Waals surface area contributed by atoms with Crippen LogP contribution in [-0.4, -0.2) is 27.1 Å². The summed E-state index contributed by atoms with van der Waals surface area (Å²) in [5, 5.41) is 29.9. The molecule has 0 fully saturated rings. The van der Waals surface area contributed by atoms with Gasteiger partial charge >= 0.3 is 0 Å². The Morgan fingerprint density at radius 1 is 1.47 bits per heavy atom. The highest BCUT2D eigenvalue weighted by atomic mass is 35.5. The van der Waals surface area contributed by atoms with E-state index in [2.05, 4.69) is 0 Å². The second kappa shape index (κ2) is 5.90. The van der Waals surface area contributed by atoms with Crippen LogP contribution in [0, 0.1) is 15.9 Å². The number of halogens is 2. The zero-order chi connectivity index (χ0) is 13.0. The SMILES string of the molecule is O=[N+]([O-])c1cc(F)ccc1C(O)C(O)CCCl. The molecule has 0 radical (unpaired) electrons. The van der Waals surface area contributed by atoms with Crippen LogP contribution in [0.3, 0.4) is 0 Å². The van der Waals surface area contributed by atoms with Crippen molar-refractivity contribution in [1.82, 2.24) is 0 Å². The Morgan fingerprint density at radius 3 is 2.65 bits per heavy atom. The minimum absolute atomic E-state index is 0.0806. The Hall–Kier alpha value is -1.24. The maximum atomic E-state index is 12.9. The summed E-state index contributed by atoms with van der Waals surface area (Å²) in [4.78, 5) is 9.87. The maximum Gasteiger partial charge on any atom is 0.278 e. The van der Waals surface area contributed by atoms with E-state index in [1.807, 2.05) is 0 Å². The minimum Gasteiger partial charge on any atom is -0.390 e. The van der Waals surface area contributed by atoms with Gasteiger partial charge in [0.25, 0.3) is 5.69 Å². The number of hydrogen-bond donors (Lipinski definition) is 2. The topological polar surface area (TPSA) is 83.6 Å². The van der Waals surface area contributed by atoms with Crippen molar-refractivity contribution in [2.24, 2.45) is 0 Å². The van der Waals surface area contributed by atoms with Crippen molar-refractivity contribution >= 4 is 17.3 Å². The molecule has 0 spiro atoms. The molecule has 0 saturated heterocycles. The van der Waals surface area contributed by atoms with Crippen molar-refractivity contribution in [3.05, 3.63) is 39.7 Å². The smallest absolute Gasteiger partial charge is 0.278 e. The van der Waals surface area contributed by atoms with Gasteiger partial charge in [-0.05, 0) is 18.6 Å². The van der Waals surface area contributed by atoms with Gasteiger partial charge in [0.2, 0.25) is 0 Å². The fourth-order valence-electron chi connectivity index (χ4n) is 1.40. The lowest BCUT2D eigenvalue weighted by molar-refractivity contribution is -0.386. The summed E-state index contributed by atoms with van der Waals surface area (Å²) in [5.74, 6) is -0.674. The van der Waals surface area contributed by atoms with Gasteiger partial charge in [-0.1, -0.05) is 0 Å². The standard InChI is InChI=1S/C10H11ClFNO4/c11-4-3-9(14)10(15)7-2-1-6(12)5-8(7)13(16)17/h1-2,5,9-10,14-15H,3-4H2. The number of alkyl halides is 1. The van der Waals surface area contributed by atoms with Gasteiger partial charge in [-0.3, -0.25) is 10.1 Å². The van der Waals surface area contributed by atoms with Gasteiger partial charge in [-0.25, -0.2) is 4.39 Å². The molecular weight excluding hydrogens is 253 g/mol. The van der Waals surface area contributed by atoms with Crippen LogP contribution in [0.25, 0.3) is 0 Å². The first-order valence-corrected chi connectivity index (χ1v) is 5.36. The van der Waals surface area contributed by atoms with E-state index in [1.54, 1.807) is 0 Å². The highest BCUT2D eigenvalue weighted by Crippen LogP contribution is 2.29. The molecule has 0 heterocycles. The van der Waals surface area contributed by atoms with E-state index < -0.39 is 28.6 Å². The van der Waals surface area contributed by atoms with Crippen molar-refractivity contribution in [3.63, 3.8) is 0 Å². The molecule has 1 aromatic rings. The average Bonchev–Trinajstić information content (AvgIpc) is 2.28. The monoisotopic (exact) mass is 263 g/mol. The summed E-state index contributed by atoms with van der Waals surface area (Å²) >= 11 is 5.39. The molecule has 0 aliphatic rings. The molecule has 2 atom stereocenters. The number of nitro benzene ring substituents is 1. The Balaban J connectivity index is 3.08. The molecule has 0 aliphatic heterocycles. The highest BCUT2D eigenvalue weighted by molar-refractivity contribution is 6.17. The van der Waals surface area contributed by atoms with Crippen molar-refractivity contribution < 1.29 is 19.5 Å². The molecule has 0 saturated carbocycles. The normalized spacial score (nSPS) is 14.4. The van der Waals surface area contributed by atoms with E-state index in [0.717, 1.165) is 12.1 Å². The largest absolute Gasteiger partial charge is 0.390 e. The third kappa shape index (κ3) is 3.36. The first-order valence-electron chi connectivity index (χ1n) is 4.83. The van der Waals surface area contributed by atoms with Gasteiger partial charge in [0, 0.05) is 5.88 Å². The number of benzene rings is 1. The number of aliphatic hydroxyl groups is 2. The van der Waals surface area contributed by atoms with Crippen LogP contribution >= 0.6 is 11.6 Å². The third-order valence-electron chi connectivity index (χ3n) is 2.28. The Morgan fingerprint density at radius 2 is 2.12 bits per heavy atom. The number of hydrogen-bond acceptors (Lipinski definition) is 4. The number of nitrogens with zero attached hydrogens (tertiary/aromatic N) is 1. The van der Waals surface area contributed by atoms with Crippen LogP contribution in [0.5, 0.6) is 0 Å². The predicted molar refractivity (Wildman–Crippen MR) is 59.4 cm³/mol. The summed E-state index contributed by atoms with van der Waals surface area (Å²) in [6.45, 7) is 0. The molecule has 0 aromatic heterocycles. The molecule has 7 heteroatoms. The number of nitro groups is 1. The van der Waals surface area contributed by atoms with E-state index in [9.17, 15) is 24.7 Å². The summed E-state index contributed by atoms with van der Waals surface area (Å²) in [6, 6.07) is 2.76. The van der Waals surface area contributed by atoms with Crippen molar-refractivity contribution in [1.29, 1.82) is 0 Å². The van der Waals surface area contributed by atoms with E-state index in [4.69, 9.17) is 11.6 Å². The van der Waals surface area contributed by atoms with Gasteiger partial charge in [0.05, 0.1) is 22.7 Å². The zero-order valence-electron chi connectivity index (χ0n) is 8.72. The van der Waals surface area contributed by atoms with Gasteiger partial charge < -0.3 is 10.2 Å². The lowest BCUT2D eigenvalue weighted by atomic mass is 10.0. The molecule has 2 N–H and O–H groups in total. The lowest BCUT2D eigenvalue weighted by Crippen LogP contribution is -2.19. The fourth-order valence-corrected chi connectivity index (χ4v) is 1.63. The van der Waals surface area contributed by atoms with Crippen molar-refractivity contribution in [2.45, 2.75) is 18.6 Å². The summed E-state index contributed by atoms with van der Waals surface area (Å²) in [7, 11) is 0. The third-order valence-corrected chi connectivity index (χ3v) is 2.50. The van der Waals surface area contributed by atoms with Crippen molar-refractivity contribution in [2.75, 3.05) is 5.88 Å². The second-order valence-corrected chi connectivity index (χ2v) is 3.83. The van der Waals surface area contributed by atoms with Crippen LogP contribution in [0.15, 0.2) is 18.2 Å². The molecule has 1 aromatic carbocycles. The number of aliphatic hydroxyl groups excluding tert-OH is 2. The van der Waals surface area contributed by atoms with Crippen LogP contribution in [0.1, 0.15) is 18.1 Å². The average molecular weight is 264 g/mol. The van der Waals surface area contributed by atoms with E-state index in [-0.39, 0.29) is 17.9 Å². The highest BCUT2D eigenvalue weighted by Gasteiger charge is 2.26. The van der Waals surface area contributed by atoms with E-state index in [1.165, 1.54) is 0 Å². The van der Waals surface area contributed by atoms with Crippen molar-refractivity contribution in [3.8, 4) is 0 Å². The van der Waals surface area contributed by atoms with Crippen LogP contribution in [-0.2, 0) is 0 Å². The van der Waals surface area contributed by atoms with Gasteiger partial charge in [-0.15, -0.1) is 11.6 Å². The Labute approximate surface area is 102 Å². The molecule has 94 valence electrons. The summed E-state index contributed by atoms with van der Waals surface area (Å²) in [5.41, 5.74) is -0.694. The van der Waals surface area contributed by atoms with Crippen LogP contribution in [0.4, 0.5) is 10.1 Å².